The molecule has 0 saturated carbocycles. The number of hydrogen-bond donors (Lipinski definition) is 1. The minimum Gasteiger partial charge on any atom is -0.475 e. The Morgan fingerprint density at radius 2 is 1.72 bits per heavy atom. The predicted octanol–water partition coefficient (Wildman–Crippen LogP) is 2.79. The van der Waals surface area contributed by atoms with E-state index in [0.29, 0.717) is 18.2 Å². The summed E-state index contributed by atoms with van der Waals surface area (Å²) >= 11 is 0. The minimum absolute atomic E-state index is 0.0702. The number of nitrogens with zero attached hydrogens (tertiary/aromatic N) is 1. The molecule has 1 aliphatic rings. The van der Waals surface area contributed by atoms with Gasteiger partial charge in [-0.15, -0.1) is 0 Å². The van der Waals surface area contributed by atoms with Gasteiger partial charge >= 0.3 is 0 Å². The van der Waals surface area contributed by atoms with Crippen LogP contribution in [0.5, 0.6) is 0 Å². The Morgan fingerprint density at radius 1 is 1.00 bits per heavy atom. The van der Waals surface area contributed by atoms with E-state index in [1.54, 1.807) is 0 Å². The van der Waals surface area contributed by atoms with Crippen LogP contribution in [0.15, 0.2) is 59.6 Å². The summed E-state index contributed by atoms with van der Waals surface area (Å²) in [5.74, 6) is 0.641. The second-order valence-corrected chi connectivity index (χ2v) is 4.26. The molecule has 0 radical (unpaired) electrons. The Bertz CT molecular complexity index is 578. The molecule has 0 bridgehead atoms. The fraction of sp³-hybridized carbons (Fsp3) is 0.133. The molecule has 3 rings (SSSR count). The number of aliphatic imine (C=N–C) groups is 1. The van der Waals surface area contributed by atoms with Crippen LogP contribution in [0.4, 0.5) is 5.69 Å². The van der Waals surface area contributed by atoms with Crippen molar-refractivity contribution < 1.29 is 4.74 Å². The van der Waals surface area contributed by atoms with Gasteiger partial charge in [0.05, 0.1) is 5.56 Å². The van der Waals surface area contributed by atoms with Crippen molar-refractivity contribution in [3.05, 3.63) is 65.7 Å². The fourth-order valence-corrected chi connectivity index (χ4v) is 2.06. The van der Waals surface area contributed by atoms with Gasteiger partial charge in [-0.25, -0.2) is 4.99 Å². The zero-order valence-corrected chi connectivity index (χ0v) is 9.91. The van der Waals surface area contributed by atoms with Gasteiger partial charge in [0.25, 0.3) is 0 Å². The smallest absolute Gasteiger partial charge is 0.219 e. The first-order valence-corrected chi connectivity index (χ1v) is 5.95. The lowest BCUT2D eigenvalue weighted by molar-refractivity contribution is 0.320. The highest BCUT2D eigenvalue weighted by Gasteiger charge is 2.22. The van der Waals surface area contributed by atoms with Crippen LogP contribution in [0, 0.1) is 0 Å². The summed E-state index contributed by atoms with van der Waals surface area (Å²) in [7, 11) is 0. The summed E-state index contributed by atoms with van der Waals surface area (Å²) in [4.78, 5) is 4.60. The van der Waals surface area contributed by atoms with Gasteiger partial charge in [-0.05, 0) is 17.7 Å². The average molecular weight is 238 g/mol. The van der Waals surface area contributed by atoms with E-state index in [1.807, 2.05) is 42.5 Å². The summed E-state index contributed by atoms with van der Waals surface area (Å²) in [6, 6.07) is 17.9. The molecule has 2 aromatic rings. The van der Waals surface area contributed by atoms with Gasteiger partial charge in [0.15, 0.2) is 0 Å². The third kappa shape index (κ3) is 1.95. The normalized spacial score (nSPS) is 18.2. The highest BCUT2D eigenvalue weighted by molar-refractivity contribution is 5.99. The largest absolute Gasteiger partial charge is 0.475 e. The lowest BCUT2D eigenvalue weighted by Gasteiger charge is -2.04. The second-order valence-electron chi connectivity index (χ2n) is 4.26. The number of ether oxygens (including phenoxy) is 1. The van der Waals surface area contributed by atoms with E-state index in [1.165, 1.54) is 5.56 Å². The molecule has 2 N–H and O–H groups in total. The van der Waals surface area contributed by atoms with Gasteiger partial charge in [-0.1, -0.05) is 42.5 Å². The van der Waals surface area contributed by atoms with Crippen LogP contribution in [-0.2, 0) is 4.74 Å². The number of anilines is 1. The fourth-order valence-electron chi connectivity index (χ4n) is 2.06. The zero-order valence-electron chi connectivity index (χ0n) is 9.91. The molecule has 0 aromatic heterocycles. The quantitative estimate of drug-likeness (QED) is 0.818. The molecule has 0 unspecified atom stereocenters. The molecule has 1 aliphatic heterocycles. The SMILES string of the molecule is Nc1ccccc1C1=N[C@@H](c2ccccc2)CO1. The Morgan fingerprint density at radius 3 is 2.50 bits per heavy atom. The average Bonchev–Trinajstić information content (AvgIpc) is 2.90. The van der Waals surface area contributed by atoms with Crippen LogP contribution in [-0.4, -0.2) is 12.5 Å². The number of nitrogens with two attached hydrogens (primary N) is 1. The van der Waals surface area contributed by atoms with Crippen LogP contribution in [0.3, 0.4) is 0 Å². The zero-order chi connectivity index (χ0) is 12.4. The van der Waals surface area contributed by atoms with E-state index < -0.39 is 0 Å². The highest BCUT2D eigenvalue weighted by atomic mass is 16.5. The lowest BCUT2D eigenvalue weighted by Crippen LogP contribution is -2.04. The van der Waals surface area contributed by atoms with Crippen molar-refractivity contribution in [1.29, 1.82) is 0 Å². The highest BCUT2D eigenvalue weighted by Crippen LogP contribution is 2.26. The van der Waals surface area contributed by atoms with E-state index in [2.05, 4.69) is 17.1 Å². The number of rotatable bonds is 2. The summed E-state index contributed by atoms with van der Waals surface area (Å²) in [5, 5.41) is 0. The number of hydrogen-bond acceptors (Lipinski definition) is 3. The topological polar surface area (TPSA) is 47.6 Å². The second kappa shape index (κ2) is 4.53. The van der Waals surface area contributed by atoms with Crippen LogP contribution in [0.1, 0.15) is 17.2 Å². The Labute approximate surface area is 106 Å². The van der Waals surface area contributed by atoms with Gasteiger partial charge in [0.1, 0.15) is 12.6 Å². The number of para-hydroxylation sites is 1. The molecule has 1 heterocycles. The monoisotopic (exact) mass is 238 g/mol. The molecule has 18 heavy (non-hydrogen) atoms. The molecule has 0 fully saturated rings. The first-order chi connectivity index (χ1) is 8.84. The van der Waals surface area contributed by atoms with Gasteiger partial charge in [0, 0.05) is 5.69 Å². The van der Waals surface area contributed by atoms with Crippen molar-refractivity contribution in [3.63, 3.8) is 0 Å². The van der Waals surface area contributed by atoms with Crippen molar-refractivity contribution in [3.8, 4) is 0 Å². The van der Waals surface area contributed by atoms with Gasteiger partial charge in [-0.2, -0.15) is 0 Å². The molecule has 1 atom stereocenters. The van der Waals surface area contributed by atoms with Crippen molar-refractivity contribution in [2.75, 3.05) is 12.3 Å². The maximum Gasteiger partial charge on any atom is 0.219 e. The van der Waals surface area contributed by atoms with Crippen LogP contribution in [0.2, 0.25) is 0 Å². The third-order valence-electron chi connectivity index (χ3n) is 3.03. The summed E-state index contributed by atoms with van der Waals surface area (Å²) in [5.41, 5.74) is 8.66. The number of nitrogen functional groups attached to an aromatic ring is 1. The lowest BCUT2D eigenvalue weighted by atomic mass is 10.1. The van der Waals surface area contributed by atoms with Crippen LogP contribution in [0.25, 0.3) is 0 Å². The van der Waals surface area contributed by atoms with E-state index in [-0.39, 0.29) is 6.04 Å². The molecular formula is C15H14N2O. The molecule has 90 valence electrons. The molecular weight excluding hydrogens is 224 g/mol. The van der Waals surface area contributed by atoms with E-state index in [0.717, 1.165) is 5.56 Å². The molecule has 0 saturated heterocycles. The predicted molar refractivity (Wildman–Crippen MR) is 72.5 cm³/mol. The van der Waals surface area contributed by atoms with Gasteiger partial charge in [-0.3, -0.25) is 0 Å². The van der Waals surface area contributed by atoms with Crippen molar-refractivity contribution >= 4 is 11.6 Å². The van der Waals surface area contributed by atoms with Gasteiger partial charge in [0.2, 0.25) is 5.90 Å². The molecule has 3 nitrogen and oxygen atoms in total. The standard InChI is InChI=1S/C15H14N2O/c16-13-9-5-4-8-12(13)15-17-14(10-18-15)11-6-2-1-3-7-11/h1-9,14H,10,16H2/t14-/m1/s1. The Hall–Kier alpha value is -2.29. The molecule has 0 aliphatic carbocycles. The van der Waals surface area contributed by atoms with Crippen LogP contribution < -0.4 is 5.73 Å². The molecule has 0 amide bonds. The third-order valence-corrected chi connectivity index (χ3v) is 3.03. The van der Waals surface area contributed by atoms with Crippen molar-refractivity contribution in [1.82, 2.24) is 0 Å². The Balaban J connectivity index is 1.91. The molecule has 3 heteroatoms. The maximum absolute atomic E-state index is 5.92. The first-order valence-electron chi connectivity index (χ1n) is 5.95. The van der Waals surface area contributed by atoms with E-state index in [9.17, 15) is 0 Å². The van der Waals surface area contributed by atoms with Gasteiger partial charge < -0.3 is 10.5 Å². The maximum atomic E-state index is 5.92. The van der Waals surface area contributed by atoms with Crippen molar-refractivity contribution in [2.45, 2.75) is 6.04 Å². The van der Waals surface area contributed by atoms with E-state index in [4.69, 9.17) is 10.5 Å². The first kappa shape index (κ1) is 10.8. The molecule has 2 aromatic carbocycles. The summed E-state index contributed by atoms with van der Waals surface area (Å²) in [6.45, 7) is 0.577. The summed E-state index contributed by atoms with van der Waals surface area (Å²) in [6.07, 6.45) is 0. The van der Waals surface area contributed by atoms with Crippen molar-refractivity contribution in [2.24, 2.45) is 4.99 Å². The Kier molecular flexibility index (Phi) is 2.73. The van der Waals surface area contributed by atoms with E-state index >= 15 is 0 Å². The number of benzene rings is 2. The van der Waals surface area contributed by atoms with Crippen LogP contribution >= 0.6 is 0 Å². The molecule has 0 spiro atoms. The minimum atomic E-state index is 0.0702. The summed E-state index contributed by atoms with van der Waals surface area (Å²) < 4.78 is 5.66.